The van der Waals surface area contributed by atoms with Crippen LogP contribution < -0.4 is 9.63 Å². The monoisotopic (exact) mass is 466 g/mol. The van der Waals surface area contributed by atoms with Gasteiger partial charge in [-0.15, -0.1) is 0 Å². The molecule has 2 aromatic heterocycles. The van der Waals surface area contributed by atoms with Gasteiger partial charge in [-0.2, -0.15) is 23.0 Å². The van der Waals surface area contributed by atoms with Crippen LogP contribution in [0.4, 0.5) is 18.9 Å². The van der Waals surface area contributed by atoms with Crippen molar-refractivity contribution in [3.05, 3.63) is 41.1 Å². The molecule has 0 saturated heterocycles. The molecule has 0 saturated carbocycles. The molecule has 166 valence electrons. The molecule has 7 nitrogen and oxygen atoms in total. The van der Waals surface area contributed by atoms with Gasteiger partial charge in [0.2, 0.25) is 12.1 Å². The summed E-state index contributed by atoms with van der Waals surface area (Å²) >= 11 is 6.20. The Labute approximate surface area is 179 Å². The van der Waals surface area contributed by atoms with E-state index in [1.165, 1.54) is 34.2 Å². The lowest BCUT2D eigenvalue weighted by atomic mass is 10.2. The maximum absolute atomic E-state index is 12.9. The second-order valence-corrected chi connectivity index (χ2v) is 8.66. The zero-order valence-corrected chi connectivity index (χ0v) is 18.0. The highest BCUT2D eigenvalue weighted by Gasteiger charge is 2.28. The average Bonchev–Trinajstić information content (AvgIpc) is 3.03. The normalized spacial score (nSPS) is 13.8. The topological polar surface area (TPSA) is 82.1 Å². The number of hydrogen-bond donors (Lipinski definition) is 0. The second kappa shape index (κ2) is 10.3. The third kappa shape index (κ3) is 6.69. The molecule has 0 radical (unpaired) electrons. The van der Waals surface area contributed by atoms with Crippen molar-refractivity contribution in [1.29, 1.82) is 0 Å². The Morgan fingerprint density at radius 2 is 2.17 bits per heavy atom. The van der Waals surface area contributed by atoms with Crippen LogP contribution in [0.1, 0.15) is 26.7 Å². The summed E-state index contributed by atoms with van der Waals surface area (Å²) in [5.41, 5.74) is 0.767. The zero-order valence-electron chi connectivity index (χ0n) is 16.4. The number of hydrogen-bond acceptors (Lipinski definition) is 4. The number of anilines is 1. The maximum atomic E-state index is 12.9. The molecule has 2 heterocycles. The van der Waals surface area contributed by atoms with Crippen molar-refractivity contribution in [3.63, 3.8) is 0 Å². The molecule has 2 aromatic rings. The number of nitrogens with zero attached hydrogens (tertiary/aromatic N) is 4. The van der Waals surface area contributed by atoms with Crippen molar-refractivity contribution in [3.8, 4) is 5.69 Å². The second-order valence-electron chi connectivity index (χ2n) is 6.68. The van der Waals surface area contributed by atoms with E-state index in [1.807, 2.05) is 0 Å². The Bertz CT molecular complexity index is 907. The van der Waals surface area contributed by atoms with Crippen LogP contribution in [0.5, 0.6) is 0 Å². The Morgan fingerprint density at radius 1 is 1.47 bits per heavy atom. The molecule has 0 aliphatic carbocycles. The first-order valence-electron chi connectivity index (χ1n) is 9.19. The van der Waals surface area contributed by atoms with Crippen molar-refractivity contribution >= 4 is 34.0 Å². The molecule has 0 aliphatic heterocycles. The predicted octanol–water partition coefficient (Wildman–Crippen LogP) is 3.24. The highest BCUT2D eigenvalue weighted by atomic mass is 35.5. The van der Waals surface area contributed by atoms with E-state index < -0.39 is 29.3 Å². The van der Waals surface area contributed by atoms with Crippen LogP contribution in [-0.2, 0) is 15.6 Å². The SMILES string of the molecule is CCN(C(=O)C(C)CS(=O)CCCC(F)(F)F)c1cn(-c2ccc[n+]([O-])c2)nc1Cl. The predicted molar refractivity (Wildman–Crippen MR) is 108 cm³/mol. The van der Waals surface area contributed by atoms with E-state index in [-0.39, 0.29) is 35.5 Å². The molecule has 2 rings (SSSR count). The number of alkyl halides is 3. The van der Waals surface area contributed by atoms with E-state index in [0.29, 0.717) is 16.1 Å². The molecular formula is C18H22ClF3N4O3S. The summed E-state index contributed by atoms with van der Waals surface area (Å²) in [7, 11) is -1.55. The lowest BCUT2D eigenvalue weighted by Gasteiger charge is -2.23. The van der Waals surface area contributed by atoms with Crippen molar-refractivity contribution < 1.29 is 26.9 Å². The minimum Gasteiger partial charge on any atom is -0.619 e. The lowest BCUT2D eigenvalue weighted by molar-refractivity contribution is -0.605. The van der Waals surface area contributed by atoms with Crippen LogP contribution in [0.25, 0.3) is 5.69 Å². The van der Waals surface area contributed by atoms with Crippen LogP contribution >= 0.6 is 11.6 Å². The van der Waals surface area contributed by atoms with E-state index in [2.05, 4.69) is 5.10 Å². The van der Waals surface area contributed by atoms with Crippen LogP contribution in [-0.4, -0.2) is 44.1 Å². The van der Waals surface area contributed by atoms with Gasteiger partial charge in [-0.1, -0.05) is 18.5 Å². The van der Waals surface area contributed by atoms with Gasteiger partial charge in [-0.25, -0.2) is 4.68 Å². The van der Waals surface area contributed by atoms with E-state index in [1.54, 1.807) is 19.9 Å². The maximum Gasteiger partial charge on any atom is 0.389 e. The van der Waals surface area contributed by atoms with E-state index in [9.17, 15) is 27.4 Å². The fraction of sp³-hybridized carbons (Fsp3) is 0.500. The molecule has 2 atom stereocenters. The first kappa shape index (κ1) is 24.1. The van der Waals surface area contributed by atoms with Gasteiger partial charge in [0, 0.05) is 47.3 Å². The van der Waals surface area contributed by atoms with Gasteiger partial charge in [0.1, 0.15) is 11.4 Å². The average molecular weight is 467 g/mol. The Kier molecular flexibility index (Phi) is 8.25. The van der Waals surface area contributed by atoms with Gasteiger partial charge in [0.25, 0.3) is 0 Å². The first-order chi connectivity index (χ1) is 14.0. The van der Waals surface area contributed by atoms with Crippen LogP contribution in [0.2, 0.25) is 5.15 Å². The number of aromatic nitrogens is 3. The summed E-state index contributed by atoms with van der Waals surface area (Å²) in [6, 6.07) is 3.18. The Morgan fingerprint density at radius 3 is 2.77 bits per heavy atom. The molecule has 0 fully saturated rings. The number of carbonyl (C=O) groups is 1. The lowest BCUT2D eigenvalue weighted by Crippen LogP contribution is -2.37. The molecule has 0 spiro atoms. The smallest absolute Gasteiger partial charge is 0.389 e. The van der Waals surface area contributed by atoms with Crippen LogP contribution in [0.3, 0.4) is 0 Å². The molecule has 0 aromatic carbocycles. The molecule has 0 aliphatic rings. The summed E-state index contributed by atoms with van der Waals surface area (Å²) < 4.78 is 50.7. The largest absolute Gasteiger partial charge is 0.619 e. The highest BCUT2D eigenvalue weighted by molar-refractivity contribution is 7.85. The molecule has 0 bridgehead atoms. The quantitative estimate of drug-likeness (QED) is 0.419. The van der Waals surface area contributed by atoms with Gasteiger partial charge in [0.15, 0.2) is 11.3 Å². The molecular weight excluding hydrogens is 445 g/mol. The van der Waals surface area contributed by atoms with Crippen LogP contribution in [0.15, 0.2) is 30.7 Å². The number of pyridine rings is 1. The van der Waals surface area contributed by atoms with Crippen molar-refractivity contribution in [2.45, 2.75) is 32.9 Å². The van der Waals surface area contributed by atoms with Crippen LogP contribution in [0, 0.1) is 11.1 Å². The van der Waals surface area contributed by atoms with E-state index in [0.717, 1.165) is 0 Å². The van der Waals surface area contributed by atoms with Gasteiger partial charge in [0.05, 0.1) is 6.20 Å². The summed E-state index contributed by atoms with van der Waals surface area (Å²) in [6.07, 6.45) is -1.42. The third-order valence-corrected chi connectivity index (χ3v) is 6.12. The van der Waals surface area contributed by atoms with Gasteiger partial charge >= 0.3 is 6.18 Å². The number of rotatable bonds is 9. The van der Waals surface area contributed by atoms with Crippen molar-refractivity contribution in [1.82, 2.24) is 9.78 Å². The number of halogens is 4. The first-order valence-corrected chi connectivity index (χ1v) is 11.1. The molecule has 12 heteroatoms. The van der Waals surface area contributed by atoms with Gasteiger partial charge in [-0.3, -0.25) is 9.00 Å². The molecule has 1 amide bonds. The van der Waals surface area contributed by atoms with Gasteiger partial charge in [-0.05, 0) is 19.4 Å². The van der Waals surface area contributed by atoms with E-state index in [4.69, 9.17) is 11.6 Å². The summed E-state index contributed by atoms with van der Waals surface area (Å²) in [5, 5.41) is 15.6. The number of carbonyl (C=O) groups excluding carboxylic acids is 1. The molecule has 30 heavy (non-hydrogen) atoms. The fourth-order valence-electron chi connectivity index (χ4n) is 2.81. The fourth-order valence-corrected chi connectivity index (χ4v) is 4.38. The summed E-state index contributed by atoms with van der Waals surface area (Å²) in [5.74, 6) is -1.22. The minimum absolute atomic E-state index is 0.0463. The summed E-state index contributed by atoms with van der Waals surface area (Å²) in [4.78, 5) is 14.2. The number of amides is 1. The van der Waals surface area contributed by atoms with Crippen molar-refractivity contribution in [2.75, 3.05) is 23.0 Å². The van der Waals surface area contributed by atoms with Crippen molar-refractivity contribution in [2.24, 2.45) is 5.92 Å². The Balaban J connectivity index is 2.08. The minimum atomic E-state index is -4.29. The molecule has 2 unspecified atom stereocenters. The standard InChI is InChI=1S/C18H22ClF3N4O3S/c1-3-25(17(27)13(2)12-30(29)9-5-7-18(20,21)22)15-11-26(23-16(15)19)14-6-4-8-24(28)10-14/h4,6,8,10-11,13H,3,5,7,9,12H2,1-2H3. The highest BCUT2D eigenvalue weighted by Crippen LogP contribution is 2.27. The molecule has 0 N–H and O–H groups in total. The zero-order chi connectivity index (χ0) is 22.5. The summed E-state index contributed by atoms with van der Waals surface area (Å²) in [6.45, 7) is 3.56. The van der Waals surface area contributed by atoms with Gasteiger partial charge < -0.3 is 10.1 Å². The Hall–Kier alpha value is -2.14. The third-order valence-electron chi connectivity index (χ3n) is 4.24. The van der Waals surface area contributed by atoms with E-state index >= 15 is 0 Å².